The molecule has 1 N–H and O–H groups in total. The number of hydrogen-bond donors (Lipinski definition) is 1. The smallest absolute Gasteiger partial charge is 0.253 e. The molecule has 0 bridgehead atoms. The van der Waals surface area contributed by atoms with Crippen molar-refractivity contribution >= 4 is 16.6 Å². The first-order chi connectivity index (χ1) is 18.1. The molecular weight excluding hydrogens is 474 g/mol. The van der Waals surface area contributed by atoms with Gasteiger partial charge in [-0.15, -0.1) is 5.10 Å². The molecule has 1 aliphatic heterocycles. The zero-order valence-corrected chi connectivity index (χ0v) is 23.7. The van der Waals surface area contributed by atoms with E-state index in [1.807, 2.05) is 10.7 Å². The molecule has 0 spiro atoms. The Bertz CT molecular complexity index is 1530. The van der Waals surface area contributed by atoms with E-state index in [1.54, 1.807) is 0 Å². The fourth-order valence-corrected chi connectivity index (χ4v) is 5.47. The van der Waals surface area contributed by atoms with Crippen LogP contribution in [0.1, 0.15) is 66.9 Å². The van der Waals surface area contributed by atoms with Gasteiger partial charge in [0.2, 0.25) is 0 Å². The SMILES string of the molecule is CCC(C)(C)n1nnnc1[C@@H](c1cc2ccc(C)c(C)c2[nH]c1=O)N1CCN(c2cc(C)ccc2C)CC1. The van der Waals surface area contributed by atoms with Gasteiger partial charge in [-0.3, -0.25) is 9.69 Å². The van der Waals surface area contributed by atoms with Crippen LogP contribution in [0.25, 0.3) is 10.9 Å². The van der Waals surface area contributed by atoms with Crippen molar-refractivity contribution in [1.29, 1.82) is 0 Å². The summed E-state index contributed by atoms with van der Waals surface area (Å²) in [6.07, 6.45) is 0.866. The molecule has 0 radical (unpaired) electrons. The van der Waals surface area contributed by atoms with Gasteiger partial charge in [0.05, 0.1) is 11.1 Å². The quantitative estimate of drug-likeness (QED) is 0.399. The molecule has 0 saturated carbocycles. The number of nitrogens with one attached hydrogen (secondary N) is 1. The molecule has 4 aromatic rings. The van der Waals surface area contributed by atoms with Crippen molar-refractivity contribution in [2.24, 2.45) is 0 Å². The summed E-state index contributed by atoms with van der Waals surface area (Å²) in [4.78, 5) is 21.7. The van der Waals surface area contributed by atoms with E-state index in [0.717, 1.165) is 54.6 Å². The lowest BCUT2D eigenvalue weighted by Gasteiger charge is -2.40. The van der Waals surface area contributed by atoms with E-state index in [4.69, 9.17) is 0 Å². The number of piperazine rings is 1. The van der Waals surface area contributed by atoms with E-state index in [1.165, 1.54) is 16.8 Å². The molecular formula is C30H39N7O. The number of hydrogen-bond acceptors (Lipinski definition) is 6. The molecule has 1 saturated heterocycles. The first-order valence-corrected chi connectivity index (χ1v) is 13.6. The maximum atomic E-state index is 13.7. The lowest BCUT2D eigenvalue weighted by Crippen LogP contribution is -2.49. The van der Waals surface area contributed by atoms with Gasteiger partial charge in [-0.1, -0.05) is 31.2 Å². The van der Waals surface area contributed by atoms with E-state index < -0.39 is 0 Å². The van der Waals surface area contributed by atoms with Crippen LogP contribution in [-0.2, 0) is 5.54 Å². The van der Waals surface area contributed by atoms with Gasteiger partial charge in [0.25, 0.3) is 5.56 Å². The van der Waals surface area contributed by atoms with Gasteiger partial charge in [-0.05, 0) is 98.2 Å². The molecule has 0 unspecified atom stereocenters. The van der Waals surface area contributed by atoms with Crippen LogP contribution < -0.4 is 10.5 Å². The highest BCUT2D eigenvalue weighted by molar-refractivity contribution is 5.83. The minimum atomic E-state index is -0.355. The second-order valence-electron chi connectivity index (χ2n) is 11.4. The van der Waals surface area contributed by atoms with Crippen LogP contribution >= 0.6 is 0 Å². The zero-order valence-electron chi connectivity index (χ0n) is 23.7. The number of aromatic amines is 1. The van der Waals surface area contributed by atoms with Crippen LogP contribution in [0.3, 0.4) is 0 Å². The van der Waals surface area contributed by atoms with Crippen LogP contribution in [0.2, 0.25) is 0 Å². The standard InChI is InChI=1S/C30H39N7O/c1-8-30(6,7)37-28(32-33-34-37)27(24-18-23-12-11-20(3)22(5)26(23)31-29(24)38)36-15-13-35(14-16-36)25-17-19(2)9-10-21(25)4/h9-12,17-18,27H,8,13-16H2,1-7H3,(H,31,38)/t27-/m1/s1. The lowest BCUT2D eigenvalue weighted by atomic mass is 9.97. The maximum Gasteiger partial charge on any atom is 0.253 e. The lowest BCUT2D eigenvalue weighted by molar-refractivity contribution is 0.186. The molecule has 2 aromatic heterocycles. The largest absolute Gasteiger partial charge is 0.369 e. The summed E-state index contributed by atoms with van der Waals surface area (Å²) in [6, 6.07) is 12.5. The van der Waals surface area contributed by atoms with Crippen molar-refractivity contribution in [3.8, 4) is 0 Å². The van der Waals surface area contributed by atoms with Crippen LogP contribution in [-0.4, -0.2) is 56.3 Å². The monoisotopic (exact) mass is 513 g/mol. The van der Waals surface area contributed by atoms with E-state index in [0.29, 0.717) is 11.4 Å². The Labute approximate surface area is 224 Å². The van der Waals surface area contributed by atoms with Crippen molar-refractivity contribution in [3.63, 3.8) is 0 Å². The Morgan fingerprint density at radius 1 is 0.974 bits per heavy atom. The average Bonchev–Trinajstić information content (AvgIpc) is 3.40. The number of anilines is 1. The predicted molar refractivity (Wildman–Crippen MR) is 153 cm³/mol. The first kappa shape index (κ1) is 26.1. The second-order valence-corrected chi connectivity index (χ2v) is 11.4. The van der Waals surface area contributed by atoms with E-state index in [9.17, 15) is 4.79 Å². The van der Waals surface area contributed by atoms with Gasteiger partial charge < -0.3 is 9.88 Å². The highest BCUT2D eigenvalue weighted by Crippen LogP contribution is 2.33. The van der Waals surface area contributed by atoms with Crippen LogP contribution in [0.5, 0.6) is 0 Å². The minimum absolute atomic E-state index is 0.0861. The summed E-state index contributed by atoms with van der Waals surface area (Å²) in [5, 5.41) is 14.1. The normalized spacial score (nSPS) is 15.8. The number of H-pyrrole nitrogens is 1. The summed E-state index contributed by atoms with van der Waals surface area (Å²) in [5.74, 6) is 0.714. The molecule has 38 heavy (non-hydrogen) atoms. The summed E-state index contributed by atoms with van der Waals surface area (Å²) in [7, 11) is 0. The number of rotatable bonds is 6. The van der Waals surface area contributed by atoms with Crippen molar-refractivity contribution in [2.45, 2.75) is 66.5 Å². The zero-order chi connectivity index (χ0) is 27.2. The number of aromatic nitrogens is 5. The molecule has 1 fully saturated rings. The third kappa shape index (κ3) is 4.62. The predicted octanol–water partition coefficient (Wildman–Crippen LogP) is 4.80. The van der Waals surface area contributed by atoms with Gasteiger partial charge in [0, 0.05) is 37.4 Å². The summed E-state index contributed by atoms with van der Waals surface area (Å²) in [5.41, 5.74) is 7.30. The van der Waals surface area contributed by atoms with E-state index in [-0.39, 0.29) is 17.1 Å². The van der Waals surface area contributed by atoms with Crippen LogP contribution in [0.4, 0.5) is 5.69 Å². The van der Waals surface area contributed by atoms with Gasteiger partial charge in [-0.2, -0.15) is 0 Å². The molecule has 5 rings (SSSR count). The van der Waals surface area contributed by atoms with Crippen molar-refractivity contribution in [2.75, 3.05) is 31.1 Å². The molecule has 2 aromatic carbocycles. The fourth-order valence-electron chi connectivity index (χ4n) is 5.47. The summed E-state index contributed by atoms with van der Waals surface area (Å²) in [6.45, 7) is 18.2. The number of tetrazole rings is 1. The second kappa shape index (κ2) is 9.98. The van der Waals surface area contributed by atoms with Crippen LogP contribution in [0, 0.1) is 27.7 Å². The van der Waals surface area contributed by atoms with Gasteiger partial charge in [0.15, 0.2) is 5.82 Å². The molecule has 8 heteroatoms. The van der Waals surface area contributed by atoms with Gasteiger partial charge in [-0.25, -0.2) is 4.68 Å². The molecule has 0 aliphatic carbocycles. The Morgan fingerprint density at radius 2 is 1.68 bits per heavy atom. The van der Waals surface area contributed by atoms with E-state index in [2.05, 4.69) is 109 Å². The molecule has 200 valence electrons. The Hall–Kier alpha value is -3.52. The molecule has 1 atom stereocenters. The number of benzene rings is 2. The highest BCUT2D eigenvalue weighted by atomic mass is 16.1. The molecule has 8 nitrogen and oxygen atoms in total. The molecule has 0 amide bonds. The number of nitrogens with zero attached hydrogens (tertiary/aromatic N) is 6. The van der Waals surface area contributed by atoms with Gasteiger partial charge in [0.1, 0.15) is 6.04 Å². The van der Waals surface area contributed by atoms with Crippen molar-refractivity contribution in [3.05, 3.63) is 80.4 Å². The Kier molecular flexibility index (Phi) is 6.86. The maximum absolute atomic E-state index is 13.7. The first-order valence-electron chi connectivity index (χ1n) is 13.6. The minimum Gasteiger partial charge on any atom is -0.369 e. The third-order valence-corrected chi connectivity index (χ3v) is 8.44. The number of pyridine rings is 1. The highest BCUT2D eigenvalue weighted by Gasteiger charge is 2.36. The molecule has 1 aliphatic rings. The van der Waals surface area contributed by atoms with Crippen molar-refractivity contribution in [1.82, 2.24) is 30.1 Å². The molecule has 3 heterocycles. The summed E-state index contributed by atoms with van der Waals surface area (Å²) < 4.78 is 1.92. The number of fused-ring (bicyclic) bond motifs is 1. The fraction of sp³-hybridized carbons (Fsp3) is 0.467. The van der Waals surface area contributed by atoms with Crippen molar-refractivity contribution < 1.29 is 0 Å². The third-order valence-electron chi connectivity index (χ3n) is 8.44. The van der Waals surface area contributed by atoms with E-state index >= 15 is 0 Å². The summed E-state index contributed by atoms with van der Waals surface area (Å²) >= 11 is 0. The number of aryl methyl sites for hydroxylation is 4. The van der Waals surface area contributed by atoms with Crippen LogP contribution in [0.15, 0.2) is 41.2 Å². The Balaban J connectivity index is 1.58. The topological polar surface area (TPSA) is 82.9 Å². The average molecular weight is 514 g/mol. The van der Waals surface area contributed by atoms with Gasteiger partial charge >= 0.3 is 0 Å². The Morgan fingerprint density at radius 3 is 2.39 bits per heavy atom.